The highest BCUT2D eigenvalue weighted by atomic mass is 32.2. The zero-order chi connectivity index (χ0) is 14.0. The largest absolute Gasteiger partial charge is 0.304 e. The van der Waals surface area contributed by atoms with Crippen LogP contribution in [0.3, 0.4) is 0 Å². The maximum Gasteiger partial charge on any atom is 0.258 e. The Morgan fingerprint density at radius 3 is 2.79 bits per heavy atom. The number of pyridine rings is 1. The summed E-state index contributed by atoms with van der Waals surface area (Å²) in [7, 11) is -2.43. The summed E-state index contributed by atoms with van der Waals surface area (Å²) in [5.74, 6) is -0.629. The fraction of sp³-hybridized carbons (Fsp3) is 0.100. The molecule has 9 heteroatoms. The van der Waals surface area contributed by atoms with Gasteiger partial charge in [-0.25, -0.2) is 13.6 Å². The number of nitrogens with zero attached hydrogens (tertiary/aromatic N) is 3. The highest BCUT2D eigenvalue weighted by Crippen LogP contribution is 2.17. The van der Waals surface area contributed by atoms with Crippen molar-refractivity contribution in [2.24, 2.45) is 12.2 Å². The normalized spacial score (nSPS) is 11.3. The molecule has 0 atom stereocenters. The second-order valence-electron chi connectivity index (χ2n) is 3.76. The molecule has 0 spiro atoms. The van der Waals surface area contributed by atoms with Crippen LogP contribution < -0.4 is 10.5 Å². The van der Waals surface area contributed by atoms with Crippen molar-refractivity contribution in [2.75, 3.05) is 5.32 Å². The van der Waals surface area contributed by atoms with Crippen molar-refractivity contribution in [3.05, 3.63) is 36.3 Å². The molecule has 0 unspecified atom stereocenters. The van der Waals surface area contributed by atoms with Crippen LogP contribution in [0.25, 0.3) is 0 Å². The standard InChI is InChI=1S/C10H11N5O3S/c1-15-6-8(19(11,17)18)9(14-15)13-10(16)7-3-2-4-12-5-7/h2-6H,1H3,(H2,11,17,18)(H,13,14,16). The van der Waals surface area contributed by atoms with Gasteiger partial charge < -0.3 is 5.32 Å². The lowest BCUT2D eigenvalue weighted by atomic mass is 10.3. The Kier molecular flexibility index (Phi) is 3.32. The molecule has 3 N–H and O–H groups in total. The Balaban J connectivity index is 2.33. The van der Waals surface area contributed by atoms with Crippen LogP contribution in [0.4, 0.5) is 5.82 Å². The number of anilines is 1. The second kappa shape index (κ2) is 4.78. The van der Waals surface area contributed by atoms with Gasteiger partial charge in [-0.1, -0.05) is 0 Å². The van der Waals surface area contributed by atoms with Crippen molar-refractivity contribution in [3.63, 3.8) is 0 Å². The topological polar surface area (TPSA) is 120 Å². The van der Waals surface area contributed by atoms with Gasteiger partial charge in [-0.2, -0.15) is 5.10 Å². The van der Waals surface area contributed by atoms with Gasteiger partial charge in [0, 0.05) is 25.6 Å². The molecule has 0 aliphatic heterocycles. The Hall–Kier alpha value is -2.26. The molecule has 100 valence electrons. The number of hydrogen-bond acceptors (Lipinski definition) is 5. The number of rotatable bonds is 3. The Morgan fingerprint density at radius 1 is 1.47 bits per heavy atom. The summed E-state index contributed by atoms with van der Waals surface area (Å²) in [5.41, 5.74) is 0.286. The van der Waals surface area contributed by atoms with Gasteiger partial charge in [0.2, 0.25) is 10.0 Å². The van der Waals surface area contributed by atoms with Gasteiger partial charge in [0.1, 0.15) is 4.90 Å². The fourth-order valence-corrected chi connectivity index (χ4v) is 2.10. The van der Waals surface area contributed by atoms with Gasteiger partial charge in [0.25, 0.3) is 5.91 Å². The highest BCUT2D eigenvalue weighted by Gasteiger charge is 2.20. The number of aromatic nitrogens is 3. The highest BCUT2D eigenvalue weighted by molar-refractivity contribution is 7.89. The number of amides is 1. The van der Waals surface area contributed by atoms with Crippen molar-refractivity contribution in [3.8, 4) is 0 Å². The van der Waals surface area contributed by atoms with Crippen molar-refractivity contribution >= 4 is 21.7 Å². The van der Waals surface area contributed by atoms with E-state index in [0.29, 0.717) is 0 Å². The van der Waals surface area contributed by atoms with Crippen LogP contribution in [0.2, 0.25) is 0 Å². The molecule has 2 rings (SSSR count). The van der Waals surface area contributed by atoms with Gasteiger partial charge in [-0.3, -0.25) is 14.5 Å². The Morgan fingerprint density at radius 2 is 2.21 bits per heavy atom. The van der Waals surface area contributed by atoms with E-state index in [0.717, 1.165) is 0 Å². The van der Waals surface area contributed by atoms with Crippen molar-refractivity contribution < 1.29 is 13.2 Å². The first-order valence-electron chi connectivity index (χ1n) is 5.16. The Labute approximate surface area is 109 Å². The lowest BCUT2D eigenvalue weighted by Crippen LogP contribution is -2.17. The third kappa shape index (κ3) is 2.95. The number of primary sulfonamides is 1. The molecule has 0 saturated carbocycles. The lowest BCUT2D eigenvalue weighted by Gasteiger charge is -2.03. The van der Waals surface area contributed by atoms with E-state index < -0.39 is 15.9 Å². The van der Waals surface area contributed by atoms with Crippen LogP contribution in [0.15, 0.2) is 35.6 Å². The number of hydrogen-bond donors (Lipinski definition) is 2. The molecule has 1 amide bonds. The molecular weight excluding hydrogens is 270 g/mol. The van der Waals surface area contributed by atoms with Crippen LogP contribution in [0, 0.1) is 0 Å². The van der Waals surface area contributed by atoms with Gasteiger partial charge in [-0.05, 0) is 12.1 Å². The van der Waals surface area contributed by atoms with E-state index in [9.17, 15) is 13.2 Å². The number of carbonyl (C=O) groups excluding carboxylic acids is 1. The molecule has 19 heavy (non-hydrogen) atoms. The summed E-state index contributed by atoms with van der Waals surface area (Å²) < 4.78 is 23.9. The van der Waals surface area contributed by atoms with E-state index in [-0.39, 0.29) is 16.3 Å². The monoisotopic (exact) mass is 281 g/mol. The van der Waals surface area contributed by atoms with E-state index in [4.69, 9.17) is 5.14 Å². The summed E-state index contributed by atoms with van der Waals surface area (Å²) in [5, 5.41) is 11.3. The van der Waals surface area contributed by atoms with Crippen LogP contribution >= 0.6 is 0 Å². The van der Waals surface area contributed by atoms with Crippen LogP contribution in [-0.2, 0) is 17.1 Å². The lowest BCUT2D eigenvalue weighted by molar-refractivity contribution is 0.102. The number of nitrogens with one attached hydrogen (secondary N) is 1. The summed E-state index contributed by atoms with van der Waals surface area (Å²) in [6.45, 7) is 0. The van der Waals surface area contributed by atoms with E-state index in [2.05, 4.69) is 15.4 Å². The summed E-state index contributed by atoms with van der Waals surface area (Å²) in [6.07, 6.45) is 4.09. The average Bonchev–Trinajstić information content (AvgIpc) is 2.71. The maximum absolute atomic E-state index is 11.9. The molecule has 0 saturated heterocycles. The third-order valence-electron chi connectivity index (χ3n) is 2.26. The van der Waals surface area contributed by atoms with E-state index >= 15 is 0 Å². The van der Waals surface area contributed by atoms with Crippen molar-refractivity contribution in [1.82, 2.24) is 14.8 Å². The first kappa shape index (κ1) is 13.2. The molecule has 2 heterocycles. The number of nitrogens with two attached hydrogens (primary N) is 1. The van der Waals surface area contributed by atoms with Gasteiger partial charge >= 0.3 is 0 Å². The van der Waals surface area contributed by atoms with E-state index in [1.807, 2.05) is 0 Å². The third-order valence-corrected chi connectivity index (χ3v) is 3.17. The minimum absolute atomic E-state index is 0.112. The number of aryl methyl sites for hydroxylation is 1. The zero-order valence-corrected chi connectivity index (χ0v) is 10.8. The second-order valence-corrected chi connectivity index (χ2v) is 5.29. The van der Waals surface area contributed by atoms with E-state index in [1.54, 1.807) is 12.1 Å². The van der Waals surface area contributed by atoms with Crippen LogP contribution in [0.5, 0.6) is 0 Å². The average molecular weight is 281 g/mol. The molecule has 2 aromatic rings. The van der Waals surface area contributed by atoms with Crippen LogP contribution in [-0.4, -0.2) is 29.1 Å². The predicted molar refractivity (Wildman–Crippen MR) is 66.8 cm³/mol. The van der Waals surface area contributed by atoms with E-state index in [1.165, 1.54) is 30.3 Å². The molecule has 0 aliphatic carbocycles. The molecular formula is C10H11N5O3S. The molecule has 0 radical (unpaired) electrons. The van der Waals surface area contributed by atoms with Crippen molar-refractivity contribution in [1.29, 1.82) is 0 Å². The molecule has 0 aliphatic rings. The zero-order valence-electron chi connectivity index (χ0n) is 9.94. The summed E-state index contributed by atoms with van der Waals surface area (Å²) in [6, 6.07) is 3.13. The Bertz CT molecular complexity index is 708. The first-order valence-corrected chi connectivity index (χ1v) is 6.70. The van der Waals surface area contributed by atoms with Gasteiger partial charge in [-0.15, -0.1) is 0 Å². The molecule has 0 bridgehead atoms. The molecule has 0 fully saturated rings. The SMILES string of the molecule is Cn1cc(S(N)(=O)=O)c(NC(=O)c2cccnc2)n1. The predicted octanol–water partition coefficient (Wildman–Crippen LogP) is -0.285. The minimum atomic E-state index is -3.95. The quantitative estimate of drug-likeness (QED) is 0.801. The summed E-state index contributed by atoms with van der Waals surface area (Å²) >= 11 is 0. The van der Waals surface area contributed by atoms with Gasteiger partial charge in [0.05, 0.1) is 5.56 Å². The number of carbonyl (C=O) groups is 1. The number of sulfonamides is 1. The first-order chi connectivity index (χ1) is 8.88. The molecule has 2 aromatic heterocycles. The minimum Gasteiger partial charge on any atom is -0.304 e. The maximum atomic E-state index is 11.9. The summed E-state index contributed by atoms with van der Waals surface area (Å²) in [4.78, 5) is 15.4. The fourth-order valence-electron chi connectivity index (χ4n) is 1.44. The van der Waals surface area contributed by atoms with Crippen molar-refractivity contribution in [2.45, 2.75) is 4.90 Å². The molecule has 0 aromatic carbocycles. The smallest absolute Gasteiger partial charge is 0.258 e. The van der Waals surface area contributed by atoms with Gasteiger partial charge in [0.15, 0.2) is 5.82 Å². The molecule has 8 nitrogen and oxygen atoms in total. The van der Waals surface area contributed by atoms with Crippen LogP contribution in [0.1, 0.15) is 10.4 Å².